The Morgan fingerprint density at radius 3 is 2.64 bits per heavy atom. The van der Waals surface area contributed by atoms with Gasteiger partial charge >= 0.3 is 0 Å². The highest BCUT2D eigenvalue weighted by molar-refractivity contribution is 6.05. The zero-order valence-corrected chi connectivity index (χ0v) is 13.4. The lowest BCUT2D eigenvalue weighted by Gasteiger charge is -2.08. The summed E-state index contributed by atoms with van der Waals surface area (Å²) in [6.07, 6.45) is 5.26. The van der Waals surface area contributed by atoms with Gasteiger partial charge in [0.1, 0.15) is 0 Å². The third-order valence-electron chi connectivity index (χ3n) is 3.59. The fraction of sp³-hybridized carbons (Fsp3) is 0.111. The lowest BCUT2D eigenvalue weighted by atomic mass is 10.1. The summed E-state index contributed by atoms with van der Waals surface area (Å²) in [5.41, 5.74) is 8.78. The molecule has 0 aliphatic carbocycles. The number of benzene rings is 1. The van der Waals surface area contributed by atoms with Gasteiger partial charge in [0.25, 0.3) is 5.91 Å². The second kappa shape index (κ2) is 7.50. The SMILES string of the molecule is Nc1ncc(-c2ccc(CCO)cc2)nc1C(=O)Nc1cccnc1. The number of hydrogen-bond acceptors (Lipinski definition) is 6. The topological polar surface area (TPSA) is 114 Å². The van der Waals surface area contributed by atoms with Crippen LogP contribution in [0.2, 0.25) is 0 Å². The molecule has 1 amide bonds. The van der Waals surface area contributed by atoms with E-state index in [2.05, 4.69) is 20.3 Å². The molecule has 1 aromatic carbocycles. The highest BCUT2D eigenvalue weighted by Crippen LogP contribution is 2.20. The molecule has 0 saturated carbocycles. The minimum absolute atomic E-state index is 0.0563. The van der Waals surface area contributed by atoms with E-state index in [-0.39, 0.29) is 18.1 Å². The first-order valence-corrected chi connectivity index (χ1v) is 7.71. The molecule has 0 fully saturated rings. The maximum atomic E-state index is 12.4. The third-order valence-corrected chi connectivity index (χ3v) is 3.59. The molecule has 0 saturated heterocycles. The second-order valence-corrected chi connectivity index (χ2v) is 5.36. The maximum Gasteiger partial charge on any atom is 0.278 e. The Bertz CT molecular complexity index is 866. The average molecular weight is 335 g/mol. The van der Waals surface area contributed by atoms with Crippen LogP contribution in [0.15, 0.2) is 55.0 Å². The Hall–Kier alpha value is -3.32. The van der Waals surface area contributed by atoms with Gasteiger partial charge in [0.05, 0.1) is 23.8 Å². The largest absolute Gasteiger partial charge is 0.396 e. The molecular formula is C18H17N5O2. The number of nitrogens with one attached hydrogen (secondary N) is 1. The fourth-order valence-electron chi connectivity index (χ4n) is 2.30. The van der Waals surface area contributed by atoms with Gasteiger partial charge in [-0.05, 0) is 24.1 Å². The molecule has 7 heteroatoms. The van der Waals surface area contributed by atoms with E-state index >= 15 is 0 Å². The zero-order chi connectivity index (χ0) is 17.6. The first kappa shape index (κ1) is 16.5. The number of aliphatic hydroxyl groups excluding tert-OH is 1. The summed E-state index contributed by atoms with van der Waals surface area (Å²) in [7, 11) is 0. The van der Waals surface area contributed by atoms with Gasteiger partial charge < -0.3 is 16.2 Å². The number of carbonyl (C=O) groups is 1. The summed E-state index contributed by atoms with van der Waals surface area (Å²) < 4.78 is 0. The van der Waals surface area contributed by atoms with Crippen molar-refractivity contribution in [2.24, 2.45) is 0 Å². The van der Waals surface area contributed by atoms with Crippen molar-refractivity contribution in [3.05, 3.63) is 66.2 Å². The molecule has 4 N–H and O–H groups in total. The van der Waals surface area contributed by atoms with Crippen LogP contribution in [0.3, 0.4) is 0 Å². The normalized spacial score (nSPS) is 10.4. The molecule has 0 atom stereocenters. The summed E-state index contributed by atoms with van der Waals surface area (Å²) in [5.74, 6) is -0.390. The molecule has 3 rings (SSSR count). The molecule has 0 aliphatic rings. The number of nitrogens with zero attached hydrogens (tertiary/aromatic N) is 3. The van der Waals surface area contributed by atoms with E-state index in [1.54, 1.807) is 18.3 Å². The summed E-state index contributed by atoms with van der Waals surface area (Å²) >= 11 is 0. The summed E-state index contributed by atoms with van der Waals surface area (Å²) in [6, 6.07) is 11.0. The smallest absolute Gasteiger partial charge is 0.278 e. The quantitative estimate of drug-likeness (QED) is 0.656. The number of rotatable bonds is 5. The van der Waals surface area contributed by atoms with Crippen molar-refractivity contribution in [2.45, 2.75) is 6.42 Å². The summed E-state index contributed by atoms with van der Waals surface area (Å²) in [4.78, 5) is 24.8. The molecular weight excluding hydrogens is 318 g/mol. The number of nitrogens with two attached hydrogens (primary N) is 1. The van der Waals surface area contributed by atoms with Gasteiger partial charge in [-0.3, -0.25) is 9.78 Å². The Morgan fingerprint density at radius 1 is 1.16 bits per heavy atom. The summed E-state index contributed by atoms with van der Waals surface area (Å²) in [6.45, 7) is 0.0969. The Balaban J connectivity index is 1.86. The van der Waals surface area contributed by atoms with Crippen LogP contribution in [0, 0.1) is 0 Å². The Kier molecular flexibility index (Phi) is 4.96. The number of aromatic nitrogens is 3. The van der Waals surface area contributed by atoms with E-state index < -0.39 is 5.91 Å². The van der Waals surface area contributed by atoms with Crippen LogP contribution < -0.4 is 11.1 Å². The van der Waals surface area contributed by atoms with Crippen LogP contribution in [-0.4, -0.2) is 32.6 Å². The van der Waals surface area contributed by atoms with Crippen molar-refractivity contribution in [1.29, 1.82) is 0 Å². The predicted octanol–water partition coefficient (Wildman–Crippen LogP) is 1.91. The van der Waals surface area contributed by atoms with Crippen LogP contribution in [0.25, 0.3) is 11.3 Å². The van der Waals surface area contributed by atoms with Gasteiger partial charge in [-0.15, -0.1) is 0 Å². The molecule has 0 bridgehead atoms. The molecule has 0 aliphatic heterocycles. The first-order valence-electron chi connectivity index (χ1n) is 7.71. The molecule has 126 valence electrons. The van der Waals surface area contributed by atoms with Gasteiger partial charge in [-0.25, -0.2) is 9.97 Å². The standard InChI is InChI=1S/C18H17N5O2/c19-17-16(18(25)22-14-2-1-8-20-10-14)23-15(11-21-17)13-5-3-12(4-6-13)7-9-24/h1-6,8,10-11,24H,7,9H2,(H2,19,21)(H,22,25). The van der Waals surface area contributed by atoms with Crippen molar-refractivity contribution >= 4 is 17.4 Å². The molecule has 25 heavy (non-hydrogen) atoms. The lowest BCUT2D eigenvalue weighted by Crippen LogP contribution is -2.17. The number of hydrogen-bond donors (Lipinski definition) is 3. The van der Waals surface area contributed by atoms with Crippen LogP contribution in [0.4, 0.5) is 11.5 Å². The first-order chi connectivity index (χ1) is 12.2. The number of anilines is 2. The maximum absolute atomic E-state index is 12.4. The van der Waals surface area contributed by atoms with Crippen molar-refractivity contribution in [3.63, 3.8) is 0 Å². The molecule has 3 aromatic rings. The van der Waals surface area contributed by atoms with Crippen LogP contribution in [0.5, 0.6) is 0 Å². The molecule has 7 nitrogen and oxygen atoms in total. The second-order valence-electron chi connectivity index (χ2n) is 5.36. The molecule has 0 spiro atoms. The lowest BCUT2D eigenvalue weighted by molar-refractivity contribution is 0.102. The number of carbonyl (C=O) groups excluding carboxylic acids is 1. The van der Waals surface area contributed by atoms with E-state index in [1.165, 1.54) is 12.4 Å². The van der Waals surface area contributed by atoms with Gasteiger partial charge in [0.15, 0.2) is 11.5 Å². The van der Waals surface area contributed by atoms with E-state index in [0.717, 1.165) is 11.1 Å². The van der Waals surface area contributed by atoms with Crippen molar-refractivity contribution in [1.82, 2.24) is 15.0 Å². The van der Waals surface area contributed by atoms with Crippen molar-refractivity contribution in [2.75, 3.05) is 17.7 Å². The van der Waals surface area contributed by atoms with Gasteiger partial charge in [-0.2, -0.15) is 0 Å². The molecule has 0 radical (unpaired) electrons. The van der Waals surface area contributed by atoms with Crippen LogP contribution >= 0.6 is 0 Å². The van der Waals surface area contributed by atoms with Crippen LogP contribution in [0.1, 0.15) is 16.1 Å². The Labute approximate surface area is 144 Å². The van der Waals surface area contributed by atoms with Gasteiger partial charge in [0, 0.05) is 18.4 Å². The number of aliphatic hydroxyl groups is 1. The highest BCUT2D eigenvalue weighted by atomic mass is 16.3. The van der Waals surface area contributed by atoms with E-state index in [1.807, 2.05) is 24.3 Å². The number of amides is 1. The number of pyridine rings is 1. The average Bonchev–Trinajstić information content (AvgIpc) is 2.64. The zero-order valence-electron chi connectivity index (χ0n) is 13.4. The van der Waals surface area contributed by atoms with E-state index in [9.17, 15) is 4.79 Å². The minimum Gasteiger partial charge on any atom is -0.396 e. The monoisotopic (exact) mass is 335 g/mol. The van der Waals surface area contributed by atoms with E-state index in [0.29, 0.717) is 17.8 Å². The third kappa shape index (κ3) is 3.96. The molecule has 0 unspecified atom stereocenters. The molecule has 2 heterocycles. The van der Waals surface area contributed by atoms with E-state index in [4.69, 9.17) is 10.8 Å². The predicted molar refractivity (Wildman–Crippen MR) is 94.9 cm³/mol. The van der Waals surface area contributed by atoms with Gasteiger partial charge in [-0.1, -0.05) is 24.3 Å². The fourth-order valence-corrected chi connectivity index (χ4v) is 2.30. The van der Waals surface area contributed by atoms with Crippen molar-refractivity contribution < 1.29 is 9.90 Å². The van der Waals surface area contributed by atoms with Crippen molar-refractivity contribution in [3.8, 4) is 11.3 Å². The molecule has 2 aromatic heterocycles. The van der Waals surface area contributed by atoms with Gasteiger partial charge in [0.2, 0.25) is 0 Å². The van der Waals surface area contributed by atoms with Crippen LogP contribution in [-0.2, 0) is 6.42 Å². The number of nitrogen functional groups attached to an aromatic ring is 1. The minimum atomic E-state index is -0.447. The highest BCUT2D eigenvalue weighted by Gasteiger charge is 2.15. The Morgan fingerprint density at radius 2 is 1.96 bits per heavy atom. The summed E-state index contributed by atoms with van der Waals surface area (Å²) in [5, 5.41) is 11.7.